The lowest BCUT2D eigenvalue weighted by molar-refractivity contribution is 0.0943. The van der Waals surface area contributed by atoms with Gasteiger partial charge in [-0.3, -0.25) is 4.79 Å². The van der Waals surface area contributed by atoms with Gasteiger partial charge in [0.15, 0.2) is 0 Å². The fourth-order valence-corrected chi connectivity index (χ4v) is 5.28. The first-order chi connectivity index (χ1) is 15.1. The highest BCUT2D eigenvalue weighted by Crippen LogP contribution is 2.31. The van der Waals surface area contributed by atoms with Gasteiger partial charge in [-0.2, -0.15) is 4.31 Å². The van der Waals surface area contributed by atoms with Crippen LogP contribution in [-0.2, 0) is 15.4 Å². The Hall–Kier alpha value is -2.58. The predicted molar refractivity (Wildman–Crippen MR) is 124 cm³/mol. The first kappa shape index (κ1) is 24.1. The Morgan fingerprint density at radius 1 is 1.06 bits per heavy atom. The van der Waals surface area contributed by atoms with Crippen LogP contribution in [0.2, 0.25) is 0 Å². The monoisotopic (exact) mass is 460 g/mol. The van der Waals surface area contributed by atoms with Crippen LogP contribution in [-0.4, -0.2) is 52.0 Å². The molecule has 1 fully saturated rings. The van der Waals surface area contributed by atoms with Crippen molar-refractivity contribution in [2.45, 2.75) is 43.9 Å². The Kier molecular flexibility index (Phi) is 7.46. The summed E-state index contributed by atoms with van der Waals surface area (Å²) in [5, 5.41) is 2.80. The van der Waals surface area contributed by atoms with E-state index in [0.717, 1.165) is 24.2 Å². The number of hydrogen-bond donors (Lipinski definition) is 1. The third-order valence-corrected chi connectivity index (χ3v) is 7.35. The molecule has 7 nitrogen and oxygen atoms in total. The van der Waals surface area contributed by atoms with Gasteiger partial charge in [-0.25, -0.2) is 8.42 Å². The molecule has 2 aromatic rings. The zero-order valence-corrected chi connectivity index (χ0v) is 20.0. The largest absolute Gasteiger partial charge is 0.496 e. The van der Waals surface area contributed by atoms with Crippen molar-refractivity contribution in [3.63, 3.8) is 0 Å². The second-order valence-corrected chi connectivity index (χ2v) is 10.8. The van der Waals surface area contributed by atoms with Crippen molar-refractivity contribution in [2.24, 2.45) is 0 Å². The SMILES string of the molecule is COc1ccc(S(=O)(=O)N2CCCC2)cc1C(=O)NCCOc1ccccc1C(C)(C)C. The standard InChI is InChI=1S/C24H32N2O5S/c1-24(2,3)20-9-5-6-10-22(20)31-16-13-25-23(27)19-17-18(11-12-21(19)30-4)32(28,29)26-14-7-8-15-26/h5-6,9-12,17H,7-8,13-16H2,1-4H3,(H,25,27). The summed E-state index contributed by atoms with van der Waals surface area (Å²) < 4.78 is 38.4. The van der Waals surface area contributed by atoms with E-state index in [4.69, 9.17) is 9.47 Å². The van der Waals surface area contributed by atoms with E-state index in [1.165, 1.54) is 29.6 Å². The summed E-state index contributed by atoms with van der Waals surface area (Å²) in [7, 11) is -2.17. The lowest BCUT2D eigenvalue weighted by Gasteiger charge is -2.22. The molecule has 3 rings (SSSR count). The number of benzene rings is 2. The second kappa shape index (κ2) is 9.92. The summed E-state index contributed by atoms with van der Waals surface area (Å²) in [5.41, 5.74) is 1.21. The molecule has 1 aliphatic rings. The van der Waals surface area contributed by atoms with Crippen LogP contribution in [0, 0.1) is 0 Å². The Bertz CT molecular complexity index is 1050. The molecule has 0 aliphatic carbocycles. The number of nitrogens with zero attached hydrogens (tertiary/aromatic N) is 1. The Balaban J connectivity index is 1.68. The zero-order valence-electron chi connectivity index (χ0n) is 19.2. The fraction of sp³-hybridized carbons (Fsp3) is 0.458. The fourth-order valence-electron chi connectivity index (χ4n) is 3.74. The number of nitrogens with one attached hydrogen (secondary N) is 1. The molecule has 1 amide bonds. The molecule has 0 bridgehead atoms. The molecule has 2 aromatic carbocycles. The summed E-state index contributed by atoms with van der Waals surface area (Å²) >= 11 is 0. The smallest absolute Gasteiger partial charge is 0.255 e. The molecule has 1 heterocycles. The minimum absolute atomic E-state index is 0.0610. The summed E-state index contributed by atoms with van der Waals surface area (Å²) in [6.07, 6.45) is 1.70. The lowest BCUT2D eigenvalue weighted by Crippen LogP contribution is -2.30. The molecule has 174 valence electrons. The molecular formula is C24H32N2O5S. The van der Waals surface area contributed by atoms with Crippen molar-refractivity contribution in [3.05, 3.63) is 53.6 Å². The minimum Gasteiger partial charge on any atom is -0.496 e. The highest BCUT2D eigenvalue weighted by Gasteiger charge is 2.28. The van der Waals surface area contributed by atoms with Gasteiger partial charge in [0.05, 0.1) is 24.1 Å². The molecule has 1 saturated heterocycles. The van der Waals surface area contributed by atoms with Crippen molar-refractivity contribution in [2.75, 3.05) is 33.4 Å². The molecule has 1 aliphatic heterocycles. The van der Waals surface area contributed by atoms with Crippen LogP contribution in [0.1, 0.15) is 49.5 Å². The molecule has 1 N–H and O–H groups in total. The summed E-state index contributed by atoms with van der Waals surface area (Å²) in [5.74, 6) is 0.695. The van der Waals surface area contributed by atoms with Gasteiger partial charge in [-0.1, -0.05) is 39.0 Å². The van der Waals surface area contributed by atoms with E-state index in [1.807, 2.05) is 24.3 Å². The van der Waals surface area contributed by atoms with E-state index in [0.29, 0.717) is 18.8 Å². The molecule has 32 heavy (non-hydrogen) atoms. The first-order valence-electron chi connectivity index (χ1n) is 10.8. The van der Waals surface area contributed by atoms with Crippen molar-refractivity contribution in [1.29, 1.82) is 0 Å². The van der Waals surface area contributed by atoms with Crippen LogP contribution in [0.25, 0.3) is 0 Å². The maximum Gasteiger partial charge on any atom is 0.255 e. The van der Waals surface area contributed by atoms with Crippen LogP contribution >= 0.6 is 0 Å². The van der Waals surface area contributed by atoms with Gasteiger partial charge < -0.3 is 14.8 Å². The highest BCUT2D eigenvalue weighted by molar-refractivity contribution is 7.89. The Labute approximate surface area is 190 Å². The average Bonchev–Trinajstić information content (AvgIpc) is 3.31. The highest BCUT2D eigenvalue weighted by atomic mass is 32.2. The van der Waals surface area contributed by atoms with E-state index in [-0.39, 0.29) is 29.0 Å². The number of sulfonamides is 1. The molecule has 8 heteroatoms. The van der Waals surface area contributed by atoms with Crippen LogP contribution in [0.15, 0.2) is 47.4 Å². The van der Waals surface area contributed by atoms with E-state index in [2.05, 4.69) is 26.1 Å². The van der Waals surface area contributed by atoms with Gasteiger partial charge in [-0.15, -0.1) is 0 Å². The number of amides is 1. The van der Waals surface area contributed by atoms with Crippen LogP contribution in [0.5, 0.6) is 11.5 Å². The van der Waals surface area contributed by atoms with E-state index >= 15 is 0 Å². The number of hydrogen-bond acceptors (Lipinski definition) is 5. The number of carbonyl (C=O) groups is 1. The van der Waals surface area contributed by atoms with Crippen molar-refractivity contribution >= 4 is 15.9 Å². The maximum absolute atomic E-state index is 12.9. The van der Waals surface area contributed by atoms with Gasteiger partial charge >= 0.3 is 0 Å². The third kappa shape index (κ3) is 5.42. The molecule has 0 saturated carbocycles. The van der Waals surface area contributed by atoms with Crippen molar-refractivity contribution in [3.8, 4) is 11.5 Å². The van der Waals surface area contributed by atoms with E-state index in [9.17, 15) is 13.2 Å². The van der Waals surface area contributed by atoms with Crippen LogP contribution in [0.3, 0.4) is 0 Å². The summed E-state index contributed by atoms with van der Waals surface area (Å²) in [6, 6.07) is 12.2. The number of methoxy groups -OCH3 is 1. The van der Waals surface area contributed by atoms with Crippen LogP contribution in [0.4, 0.5) is 0 Å². The summed E-state index contributed by atoms with van der Waals surface area (Å²) in [4.78, 5) is 12.9. The summed E-state index contributed by atoms with van der Waals surface area (Å²) in [6.45, 7) is 7.91. The third-order valence-electron chi connectivity index (χ3n) is 5.46. The maximum atomic E-state index is 12.9. The van der Waals surface area contributed by atoms with Gasteiger partial charge in [0.1, 0.15) is 18.1 Å². The van der Waals surface area contributed by atoms with Gasteiger partial charge in [-0.05, 0) is 48.1 Å². The first-order valence-corrected chi connectivity index (χ1v) is 12.3. The molecular weight excluding hydrogens is 428 g/mol. The number of carbonyl (C=O) groups excluding carboxylic acids is 1. The predicted octanol–water partition coefficient (Wildman–Crippen LogP) is 3.59. The van der Waals surface area contributed by atoms with Gasteiger partial charge in [0.25, 0.3) is 5.91 Å². The van der Waals surface area contributed by atoms with E-state index < -0.39 is 15.9 Å². The number of ether oxygens (including phenoxy) is 2. The van der Waals surface area contributed by atoms with Crippen molar-refractivity contribution < 1.29 is 22.7 Å². The molecule has 0 spiro atoms. The van der Waals surface area contributed by atoms with Crippen LogP contribution < -0.4 is 14.8 Å². The Morgan fingerprint density at radius 2 is 1.75 bits per heavy atom. The van der Waals surface area contributed by atoms with Gasteiger partial charge in [0.2, 0.25) is 10.0 Å². The molecule has 0 aromatic heterocycles. The number of rotatable bonds is 8. The molecule has 0 radical (unpaired) electrons. The number of para-hydroxylation sites is 1. The zero-order chi connectivity index (χ0) is 23.4. The lowest BCUT2D eigenvalue weighted by atomic mass is 9.86. The van der Waals surface area contributed by atoms with E-state index in [1.54, 1.807) is 0 Å². The van der Waals surface area contributed by atoms with Crippen molar-refractivity contribution in [1.82, 2.24) is 9.62 Å². The van der Waals surface area contributed by atoms with Gasteiger partial charge in [0, 0.05) is 13.1 Å². The Morgan fingerprint density at radius 3 is 2.41 bits per heavy atom. The minimum atomic E-state index is -3.63. The topological polar surface area (TPSA) is 84.9 Å². The molecule has 0 unspecified atom stereocenters. The quantitative estimate of drug-likeness (QED) is 0.609. The average molecular weight is 461 g/mol. The molecule has 0 atom stereocenters. The normalized spacial score (nSPS) is 14.9. The second-order valence-electron chi connectivity index (χ2n) is 8.82.